The molecule has 6 heteroatoms. The lowest BCUT2D eigenvalue weighted by molar-refractivity contribution is -0.222. The van der Waals surface area contributed by atoms with Crippen LogP contribution in [0.5, 0.6) is 0 Å². The Hall–Kier alpha value is -2.47. The zero-order valence-corrected chi connectivity index (χ0v) is 30.0. The molecular formula is C41H60N2O4. The zero-order valence-electron chi connectivity index (χ0n) is 30.0. The first-order valence-electron chi connectivity index (χ1n) is 18.7. The van der Waals surface area contributed by atoms with Gasteiger partial charge in [-0.05, 0) is 139 Å². The Labute approximate surface area is 283 Å². The Balaban J connectivity index is 1.17. The van der Waals surface area contributed by atoms with Crippen LogP contribution in [0.4, 0.5) is 0 Å². The van der Waals surface area contributed by atoms with Crippen LogP contribution in [0.1, 0.15) is 135 Å². The molecular weight excluding hydrogens is 584 g/mol. The quantitative estimate of drug-likeness (QED) is 0.223. The third-order valence-corrected chi connectivity index (χ3v) is 15.4. The summed E-state index contributed by atoms with van der Waals surface area (Å²) in [7, 11) is 0. The van der Waals surface area contributed by atoms with E-state index in [1.54, 1.807) is 19.1 Å². The fraction of sp³-hybridized carbons (Fsp3) is 0.732. The monoisotopic (exact) mass is 644 g/mol. The van der Waals surface area contributed by atoms with Gasteiger partial charge in [0, 0.05) is 32.5 Å². The summed E-state index contributed by atoms with van der Waals surface area (Å²) >= 11 is 0. The van der Waals surface area contributed by atoms with Gasteiger partial charge in [0.2, 0.25) is 5.91 Å². The van der Waals surface area contributed by atoms with Crippen LogP contribution in [0.15, 0.2) is 30.3 Å². The highest BCUT2D eigenvalue weighted by atomic mass is 16.4. The van der Waals surface area contributed by atoms with Crippen LogP contribution in [0.3, 0.4) is 0 Å². The fourth-order valence-corrected chi connectivity index (χ4v) is 12.9. The van der Waals surface area contributed by atoms with Gasteiger partial charge in [-0.1, -0.05) is 59.2 Å². The van der Waals surface area contributed by atoms with Gasteiger partial charge < -0.3 is 15.7 Å². The van der Waals surface area contributed by atoms with Gasteiger partial charge in [-0.25, -0.2) is 4.79 Å². The second kappa shape index (κ2) is 12.4. The van der Waals surface area contributed by atoms with E-state index in [1.807, 2.05) is 12.1 Å². The highest BCUT2D eigenvalue weighted by Gasteiger charge is 2.69. The van der Waals surface area contributed by atoms with Gasteiger partial charge in [-0.15, -0.1) is 0 Å². The third kappa shape index (κ3) is 5.63. The van der Waals surface area contributed by atoms with Gasteiger partial charge in [0.05, 0.1) is 5.56 Å². The second-order valence-electron chi connectivity index (χ2n) is 17.7. The molecule has 8 atom stereocenters. The summed E-state index contributed by atoms with van der Waals surface area (Å²) < 4.78 is 0. The molecule has 47 heavy (non-hydrogen) atoms. The first-order valence-corrected chi connectivity index (χ1v) is 18.7. The van der Waals surface area contributed by atoms with Crippen LogP contribution in [0, 0.1) is 50.7 Å². The van der Waals surface area contributed by atoms with Crippen LogP contribution in [-0.4, -0.2) is 42.4 Å². The summed E-state index contributed by atoms with van der Waals surface area (Å²) in [6.45, 7) is 16.7. The van der Waals surface area contributed by atoms with E-state index in [1.165, 1.54) is 68.9 Å². The van der Waals surface area contributed by atoms with Gasteiger partial charge in [-0.3, -0.25) is 9.59 Å². The number of fused-ring (bicyclic) bond motifs is 7. The molecule has 0 saturated heterocycles. The first kappa shape index (κ1) is 34.4. The summed E-state index contributed by atoms with van der Waals surface area (Å²) in [5.74, 6) is 2.12. The zero-order chi connectivity index (χ0) is 33.8. The van der Waals surface area contributed by atoms with Gasteiger partial charge in [0.1, 0.15) is 5.78 Å². The van der Waals surface area contributed by atoms with E-state index in [0.29, 0.717) is 59.6 Å². The molecule has 258 valence electrons. The number of carbonyl (C=O) groups is 3. The van der Waals surface area contributed by atoms with Crippen molar-refractivity contribution in [2.75, 3.05) is 19.6 Å². The minimum absolute atomic E-state index is 0.0278. The number of carboxylic acids is 1. The topological polar surface area (TPSA) is 95.5 Å². The Morgan fingerprint density at radius 2 is 1.55 bits per heavy atom. The van der Waals surface area contributed by atoms with Crippen molar-refractivity contribution in [1.29, 1.82) is 0 Å². The van der Waals surface area contributed by atoms with E-state index in [9.17, 15) is 19.5 Å². The molecule has 6 nitrogen and oxygen atoms in total. The van der Waals surface area contributed by atoms with E-state index >= 15 is 0 Å². The van der Waals surface area contributed by atoms with Crippen molar-refractivity contribution < 1.29 is 19.5 Å². The van der Waals surface area contributed by atoms with E-state index < -0.39 is 5.97 Å². The van der Waals surface area contributed by atoms with Crippen molar-refractivity contribution >= 4 is 23.2 Å². The maximum Gasteiger partial charge on any atom is 0.335 e. The third-order valence-electron chi connectivity index (χ3n) is 15.4. The second-order valence-corrected chi connectivity index (χ2v) is 17.7. The van der Waals surface area contributed by atoms with Crippen LogP contribution in [-0.2, 0) is 9.59 Å². The number of hydrogen-bond donors (Lipinski definition) is 3. The lowest BCUT2D eigenvalue weighted by Gasteiger charge is -2.72. The maximum atomic E-state index is 12.3. The van der Waals surface area contributed by atoms with Gasteiger partial charge >= 0.3 is 5.97 Å². The van der Waals surface area contributed by atoms with E-state index in [-0.39, 0.29) is 22.5 Å². The molecule has 1 aromatic carbocycles. The van der Waals surface area contributed by atoms with E-state index in [2.05, 4.69) is 51.3 Å². The number of ketones is 1. The minimum atomic E-state index is -0.867. The van der Waals surface area contributed by atoms with Crippen LogP contribution in [0.25, 0.3) is 5.57 Å². The molecule has 1 amide bonds. The molecule has 4 fully saturated rings. The van der Waals surface area contributed by atoms with Crippen LogP contribution < -0.4 is 10.6 Å². The number of nitrogens with one attached hydrogen (secondary N) is 2. The number of carboxylic acid groups (broad SMARTS) is 1. The van der Waals surface area contributed by atoms with Crippen LogP contribution in [0.2, 0.25) is 0 Å². The van der Waals surface area contributed by atoms with E-state index in [4.69, 9.17) is 0 Å². The molecule has 3 unspecified atom stereocenters. The SMILES string of the molecule is CC(=O)CCNC(=O)CCNC[C@]12CCCC1[C@H]1CCC3[C@@]4(C)CC=C(c5ccc(C(=O)O)cc5)C(C)(C)C4CC[C@@]3(C)[C@]1(C)CC2. The number of amides is 1. The van der Waals surface area contributed by atoms with Crippen molar-refractivity contribution in [2.45, 2.75) is 119 Å². The molecule has 0 radical (unpaired) electrons. The molecule has 1 aromatic rings. The average molecular weight is 645 g/mol. The van der Waals surface area contributed by atoms with Gasteiger partial charge in [0.15, 0.2) is 0 Å². The lowest BCUT2D eigenvalue weighted by Crippen LogP contribution is -2.65. The molecule has 0 spiro atoms. The molecule has 5 aliphatic rings. The molecule has 5 aliphatic carbocycles. The lowest BCUT2D eigenvalue weighted by atomic mass is 9.32. The number of carbonyl (C=O) groups excluding carboxylic acids is 2. The predicted molar refractivity (Wildman–Crippen MR) is 188 cm³/mol. The first-order chi connectivity index (χ1) is 22.2. The van der Waals surface area contributed by atoms with Crippen molar-refractivity contribution in [2.24, 2.45) is 50.7 Å². The number of aromatic carboxylic acids is 1. The van der Waals surface area contributed by atoms with Crippen LogP contribution >= 0.6 is 0 Å². The standard InChI is InChI=1S/C41H60N2O4/c1-27(44)17-25-43-35(45)18-24-42-26-41-19-7-8-32(41)31-13-14-34-38(4)20-15-30(28-9-11-29(12-10-28)36(46)47)37(2,3)33(38)16-21-40(34,6)39(31,5)22-23-41/h9-12,15,31-34,42H,7-8,13-14,16-26H2,1-6H3,(H,43,45)(H,46,47)/t31-,32?,33?,34?,38+,39-,40-,41-/m1/s1. The Bertz CT molecular complexity index is 1410. The molecule has 4 saturated carbocycles. The van der Waals surface area contributed by atoms with Crippen molar-refractivity contribution in [3.63, 3.8) is 0 Å². The molecule has 0 bridgehead atoms. The molecule has 0 heterocycles. The normalized spacial score (nSPS) is 38.6. The number of hydrogen-bond acceptors (Lipinski definition) is 4. The van der Waals surface area contributed by atoms with Crippen molar-refractivity contribution in [1.82, 2.24) is 10.6 Å². The molecule has 6 rings (SSSR count). The summed E-state index contributed by atoms with van der Waals surface area (Å²) in [6.07, 6.45) is 16.4. The number of Topliss-reactive ketones (excluding diaryl/α,β-unsaturated/α-hetero) is 1. The number of rotatable bonds is 10. The highest BCUT2D eigenvalue weighted by molar-refractivity contribution is 5.88. The van der Waals surface area contributed by atoms with Crippen molar-refractivity contribution in [3.05, 3.63) is 41.5 Å². The summed E-state index contributed by atoms with van der Waals surface area (Å²) in [4.78, 5) is 35.0. The average Bonchev–Trinajstić information content (AvgIpc) is 3.43. The van der Waals surface area contributed by atoms with Crippen molar-refractivity contribution in [3.8, 4) is 0 Å². The highest BCUT2D eigenvalue weighted by Crippen LogP contribution is 2.77. The summed E-state index contributed by atoms with van der Waals surface area (Å²) in [6, 6.07) is 7.57. The minimum Gasteiger partial charge on any atom is -0.478 e. The van der Waals surface area contributed by atoms with Gasteiger partial charge in [0.25, 0.3) is 0 Å². The molecule has 0 aliphatic heterocycles. The number of benzene rings is 1. The van der Waals surface area contributed by atoms with Gasteiger partial charge in [-0.2, -0.15) is 0 Å². The molecule has 0 aromatic heterocycles. The number of allylic oxidation sites excluding steroid dienone is 2. The Morgan fingerprint density at radius 1 is 0.809 bits per heavy atom. The summed E-state index contributed by atoms with van der Waals surface area (Å²) in [5, 5.41) is 16.1. The fourth-order valence-electron chi connectivity index (χ4n) is 12.9. The largest absolute Gasteiger partial charge is 0.478 e. The predicted octanol–water partition coefficient (Wildman–Crippen LogP) is 8.31. The maximum absolute atomic E-state index is 12.3. The molecule has 3 N–H and O–H groups in total. The smallest absolute Gasteiger partial charge is 0.335 e. The Morgan fingerprint density at radius 3 is 2.26 bits per heavy atom. The Kier molecular flexibility index (Phi) is 9.11. The summed E-state index contributed by atoms with van der Waals surface area (Å²) in [5.41, 5.74) is 4.25. The van der Waals surface area contributed by atoms with E-state index in [0.717, 1.165) is 24.8 Å².